The highest BCUT2D eigenvalue weighted by Gasteiger charge is 2.12. The molecule has 1 aromatic heterocycles. The predicted molar refractivity (Wildman–Crippen MR) is 128 cm³/mol. The summed E-state index contributed by atoms with van der Waals surface area (Å²) in [6.07, 6.45) is 0.405. The lowest BCUT2D eigenvalue weighted by molar-refractivity contribution is 0.303. The monoisotopic (exact) mass is 454 g/mol. The van der Waals surface area contributed by atoms with Crippen LogP contribution in [0.4, 0.5) is 8.78 Å². The van der Waals surface area contributed by atoms with Gasteiger partial charge in [0, 0.05) is 12.0 Å². The van der Waals surface area contributed by atoms with Crippen LogP contribution in [0.5, 0.6) is 5.75 Å². The molecule has 34 heavy (non-hydrogen) atoms. The summed E-state index contributed by atoms with van der Waals surface area (Å²) >= 11 is 0. The minimum absolute atomic E-state index is 0.179. The van der Waals surface area contributed by atoms with Crippen molar-refractivity contribution < 1.29 is 13.5 Å². The first kappa shape index (κ1) is 21.5. The van der Waals surface area contributed by atoms with Gasteiger partial charge >= 0.3 is 0 Å². The third-order valence-corrected chi connectivity index (χ3v) is 5.51. The summed E-state index contributed by atoms with van der Waals surface area (Å²) in [5, 5.41) is 0.515. The van der Waals surface area contributed by atoms with Crippen molar-refractivity contribution in [2.75, 3.05) is 0 Å². The number of aromatic amines is 1. The molecule has 6 heteroatoms. The molecule has 0 unspecified atom stereocenters. The van der Waals surface area contributed by atoms with Crippen LogP contribution in [-0.2, 0) is 13.0 Å². The molecule has 4 nitrogen and oxygen atoms in total. The van der Waals surface area contributed by atoms with Crippen molar-refractivity contribution in [2.24, 2.45) is 0 Å². The van der Waals surface area contributed by atoms with Gasteiger partial charge in [0.05, 0.1) is 10.9 Å². The second-order valence-electron chi connectivity index (χ2n) is 7.98. The SMILES string of the molecule is O=c1[nH]c(-c2ccc(OCc3cccc(F)c3)c(Cc3cccc(F)c3)c2)nc2ccccc12. The number of H-pyrrole nitrogens is 1. The minimum atomic E-state index is -0.331. The molecule has 0 spiro atoms. The van der Waals surface area contributed by atoms with Gasteiger partial charge in [-0.1, -0.05) is 36.4 Å². The highest BCUT2D eigenvalue weighted by atomic mass is 19.1. The molecule has 0 aliphatic carbocycles. The summed E-state index contributed by atoms with van der Waals surface area (Å²) in [5.41, 5.74) is 3.33. The van der Waals surface area contributed by atoms with E-state index in [0.717, 1.165) is 11.1 Å². The molecular weight excluding hydrogens is 434 g/mol. The lowest BCUT2D eigenvalue weighted by Crippen LogP contribution is -2.09. The summed E-state index contributed by atoms with van der Waals surface area (Å²) < 4.78 is 33.4. The van der Waals surface area contributed by atoms with E-state index in [1.54, 1.807) is 42.5 Å². The van der Waals surface area contributed by atoms with Crippen LogP contribution < -0.4 is 10.3 Å². The fourth-order valence-electron chi connectivity index (χ4n) is 3.88. The molecule has 0 atom stereocenters. The Hall–Kier alpha value is -4.32. The minimum Gasteiger partial charge on any atom is -0.489 e. The normalized spacial score (nSPS) is 11.0. The van der Waals surface area contributed by atoms with E-state index >= 15 is 0 Å². The van der Waals surface area contributed by atoms with Gasteiger partial charge in [-0.2, -0.15) is 0 Å². The van der Waals surface area contributed by atoms with Crippen LogP contribution in [0.1, 0.15) is 16.7 Å². The number of fused-ring (bicyclic) bond motifs is 1. The largest absolute Gasteiger partial charge is 0.489 e. The average Bonchev–Trinajstić information content (AvgIpc) is 2.83. The van der Waals surface area contributed by atoms with E-state index in [1.165, 1.54) is 24.3 Å². The number of nitrogens with one attached hydrogen (secondary N) is 1. The van der Waals surface area contributed by atoms with Crippen molar-refractivity contribution in [1.82, 2.24) is 9.97 Å². The molecule has 1 heterocycles. The topological polar surface area (TPSA) is 55.0 Å². The molecule has 0 fully saturated rings. The standard InChI is InChI=1S/C28H20F2N2O2/c29-22-7-3-5-18(14-22)13-21-16-20(27-31-25-10-2-1-9-24(25)28(33)32-27)11-12-26(21)34-17-19-6-4-8-23(30)15-19/h1-12,14-16H,13,17H2,(H,31,32,33). The van der Waals surface area contributed by atoms with E-state index in [1.807, 2.05) is 24.3 Å². The van der Waals surface area contributed by atoms with E-state index in [9.17, 15) is 13.6 Å². The number of hydrogen-bond donors (Lipinski definition) is 1. The number of para-hydroxylation sites is 1. The number of halogens is 2. The second kappa shape index (κ2) is 9.27. The fraction of sp³-hybridized carbons (Fsp3) is 0.0714. The molecule has 1 N–H and O–H groups in total. The molecule has 0 aliphatic rings. The molecule has 0 radical (unpaired) electrons. The lowest BCUT2D eigenvalue weighted by Gasteiger charge is -2.14. The third-order valence-electron chi connectivity index (χ3n) is 5.51. The van der Waals surface area contributed by atoms with Gasteiger partial charge in [0.2, 0.25) is 0 Å². The van der Waals surface area contributed by atoms with Crippen molar-refractivity contribution in [3.05, 3.63) is 130 Å². The highest BCUT2D eigenvalue weighted by Crippen LogP contribution is 2.28. The Bertz CT molecular complexity index is 1550. The molecule has 5 aromatic rings. The van der Waals surface area contributed by atoms with Gasteiger partial charge in [0.15, 0.2) is 0 Å². The number of aromatic nitrogens is 2. The molecule has 0 bridgehead atoms. The lowest BCUT2D eigenvalue weighted by atomic mass is 10.0. The summed E-state index contributed by atoms with van der Waals surface area (Å²) in [7, 11) is 0. The number of rotatable bonds is 6. The van der Waals surface area contributed by atoms with Gasteiger partial charge in [-0.25, -0.2) is 13.8 Å². The van der Waals surface area contributed by atoms with Crippen molar-refractivity contribution in [3.8, 4) is 17.1 Å². The first-order chi connectivity index (χ1) is 16.5. The smallest absolute Gasteiger partial charge is 0.259 e. The van der Waals surface area contributed by atoms with E-state index in [4.69, 9.17) is 4.74 Å². The first-order valence-electron chi connectivity index (χ1n) is 10.8. The Morgan fingerprint density at radius 2 is 1.53 bits per heavy atom. The molecule has 168 valence electrons. The van der Waals surface area contributed by atoms with Crippen LogP contribution in [0, 0.1) is 11.6 Å². The molecule has 0 amide bonds. The van der Waals surface area contributed by atoms with Gasteiger partial charge in [0.25, 0.3) is 5.56 Å². The zero-order valence-corrected chi connectivity index (χ0v) is 18.1. The number of nitrogens with zero attached hydrogens (tertiary/aromatic N) is 1. The molecular formula is C28H20F2N2O2. The summed E-state index contributed by atoms with van der Waals surface area (Å²) in [6.45, 7) is 0.179. The van der Waals surface area contributed by atoms with Crippen LogP contribution in [0.2, 0.25) is 0 Å². The Labute approximate surface area is 194 Å². The van der Waals surface area contributed by atoms with E-state index < -0.39 is 0 Å². The number of ether oxygens (including phenoxy) is 1. The van der Waals surface area contributed by atoms with Crippen LogP contribution >= 0.6 is 0 Å². The maximum absolute atomic E-state index is 13.8. The Kier molecular flexibility index (Phi) is 5.87. The van der Waals surface area contributed by atoms with Gasteiger partial charge < -0.3 is 9.72 Å². The maximum atomic E-state index is 13.8. The number of hydrogen-bond acceptors (Lipinski definition) is 3. The Morgan fingerprint density at radius 3 is 2.32 bits per heavy atom. The summed E-state index contributed by atoms with van der Waals surface area (Å²) in [5.74, 6) is 0.362. The third kappa shape index (κ3) is 4.71. The Morgan fingerprint density at radius 1 is 0.794 bits per heavy atom. The average molecular weight is 454 g/mol. The van der Waals surface area contributed by atoms with Crippen molar-refractivity contribution in [1.29, 1.82) is 0 Å². The van der Waals surface area contributed by atoms with E-state index in [-0.39, 0.29) is 23.8 Å². The number of benzene rings is 4. The van der Waals surface area contributed by atoms with Gasteiger partial charge in [-0.05, 0) is 71.3 Å². The summed E-state index contributed by atoms with van der Waals surface area (Å²) in [6, 6.07) is 25.2. The van der Waals surface area contributed by atoms with Crippen molar-refractivity contribution >= 4 is 10.9 Å². The second-order valence-corrected chi connectivity index (χ2v) is 7.98. The predicted octanol–water partition coefficient (Wildman–Crippen LogP) is 6.04. The van der Waals surface area contributed by atoms with Gasteiger partial charge in [-0.3, -0.25) is 4.79 Å². The first-order valence-corrected chi connectivity index (χ1v) is 10.8. The molecule has 5 rings (SSSR count). The molecule has 0 saturated heterocycles. The van der Waals surface area contributed by atoms with E-state index in [2.05, 4.69) is 9.97 Å². The van der Waals surface area contributed by atoms with Crippen molar-refractivity contribution in [2.45, 2.75) is 13.0 Å². The van der Waals surface area contributed by atoms with Crippen LogP contribution in [0.3, 0.4) is 0 Å². The van der Waals surface area contributed by atoms with E-state index in [0.29, 0.717) is 40.0 Å². The van der Waals surface area contributed by atoms with Crippen LogP contribution in [0.15, 0.2) is 95.8 Å². The van der Waals surface area contributed by atoms with Crippen LogP contribution in [-0.4, -0.2) is 9.97 Å². The molecule has 0 aliphatic heterocycles. The molecule has 0 saturated carbocycles. The van der Waals surface area contributed by atoms with Gasteiger partial charge in [0.1, 0.15) is 29.8 Å². The zero-order chi connectivity index (χ0) is 23.5. The quantitative estimate of drug-likeness (QED) is 0.340. The fourth-order valence-corrected chi connectivity index (χ4v) is 3.88. The van der Waals surface area contributed by atoms with Crippen LogP contribution in [0.25, 0.3) is 22.3 Å². The van der Waals surface area contributed by atoms with Crippen molar-refractivity contribution in [3.63, 3.8) is 0 Å². The highest BCUT2D eigenvalue weighted by molar-refractivity contribution is 5.79. The Balaban J connectivity index is 1.53. The molecule has 4 aromatic carbocycles. The van der Waals surface area contributed by atoms with Gasteiger partial charge in [-0.15, -0.1) is 0 Å². The maximum Gasteiger partial charge on any atom is 0.259 e. The zero-order valence-electron chi connectivity index (χ0n) is 18.1. The summed E-state index contributed by atoms with van der Waals surface area (Å²) in [4.78, 5) is 20.0.